The largest absolute Gasteiger partial charge is 0.370 e. The summed E-state index contributed by atoms with van der Waals surface area (Å²) in [6.45, 7) is 2.48. The van der Waals surface area contributed by atoms with Crippen molar-refractivity contribution in [2.45, 2.75) is 55.5 Å². The van der Waals surface area contributed by atoms with E-state index in [9.17, 15) is 18.5 Å². The lowest BCUT2D eigenvalue weighted by atomic mass is 10.0. The summed E-state index contributed by atoms with van der Waals surface area (Å²) in [5.41, 5.74) is 0.416. The summed E-state index contributed by atoms with van der Waals surface area (Å²) >= 11 is 0. The average Bonchev–Trinajstić information content (AvgIpc) is 3.29. The molecule has 3 aliphatic rings. The van der Waals surface area contributed by atoms with E-state index in [2.05, 4.69) is 10.2 Å². The third kappa shape index (κ3) is 3.95. The monoisotopic (exact) mass is 394 g/mol. The number of benzene rings is 1. The number of nitro benzene ring substituents is 1. The Hall–Kier alpha value is -1.71. The van der Waals surface area contributed by atoms with Gasteiger partial charge >= 0.3 is 0 Å². The highest BCUT2D eigenvalue weighted by molar-refractivity contribution is 7.89. The molecule has 8 nitrogen and oxygen atoms in total. The number of sulfonamides is 1. The summed E-state index contributed by atoms with van der Waals surface area (Å²) in [6.07, 6.45) is 6.08. The molecule has 4 rings (SSSR count). The van der Waals surface area contributed by atoms with E-state index in [0.29, 0.717) is 30.9 Å². The van der Waals surface area contributed by atoms with E-state index in [0.717, 1.165) is 38.8 Å². The normalized spacial score (nSPS) is 22.3. The van der Waals surface area contributed by atoms with E-state index in [-0.39, 0.29) is 10.6 Å². The van der Waals surface area contributed by atoms with Gasteiger partial charge in [0, 0.05) is 50.4 Å². The molecule has 0 spiro atoms. The van der Waals surface area contributed by atoms with Crippen LogP contribution in [-0.4, -0.2) is 55.9 Å². The van der Waals surface area contributed by atoms with Crippen LogP contribution < -0.4 is 10.2 Å². The number of hydrogen-bond donors (Lipinski definition) is 1. The van der Waals surface area contributed by atoms with Crippen LogP contribution in [0.3, 0.4) is 0 Å². The summed E-state index contributed by atoms with van der Waals surface area (Å²) in [6, 6.07) is 5.39. The number of non-ortho nitro benzene ring substituents is 1. The van der Waals surface area contributed by atoms with Crippen molar-refractivity contribution in [3.8, 4) is 0 Å². The molecule has 0 atom stereocenters. The predicted molar refractivity (Wildman–Crippen MR) is 102 cm³/mol. The first-order valence-corrected chi connectivity index (χ1v) is 11.2. The van der Waals surface area contributed by atoms with E-state index < -0.39 is 14.9 Å². The van der Waals surface area contributed by atoms with Gasteiger partial charge in [-0.05, 0) is 44.6 Å². The van der Waals surface area contributed by atoms with Crippen LogP contribution in [0, 0.1) is 10.1 Å². The van der Waals surface area contributed by atoms with Crippen LogP contribution in [0.2, 0.25) is 0 Å². The van der Waals surface area contributed by atoms with Gasteiger partial charge in [0.05, 0.1) is 10.6 Å². The highest BCUT2D eigenvalue weighted by atomic mass is 32.2. The Balaban J connectivity index is 1.60. The fraction of sp³-hybridized carbons (Fsp3) is 0.667. The molecule has 148 valence electrons. The van der Waals surface area contributed by atoms with Gasteiger partial charge in [0.25, 0.3) is 5.69 Å². The summed E-state index contributed by atoms with van der Waals surface area (Å²) in [4.78, 5) is 12.8. The fourth-order valence-corrected chi connectivity index (χ4v) is 5.77. The zero-order valence-electron chi connectivity index (χ0n) is 15.3. The van der Waals surface area contributed by atoms with Crippen LogP contribution in [0.1, 0.15) is 38.5 Å². The molecule has 27 heavy (non-hydrogen) atoms. The maximum atomic E-state index is 13.2. The highest BCUT2D eigenvalue weighted by Gasteiger charge is 2.34. The summed E-state index contributed by atoms with van der Waals surface area (Å²) in [5.74, 6) is 0. The first-order chi connectivity index (χ1) is 12.9. The topological polar surface area (TPSA) is 95.8 Å². The van der Waals surface area contributed by atoms with Crippen LogP contribution >= 0.6 is 0 Å². The smallest absolute Gasteiger partial charge is 0.270 e. The first kappa shape index (κ1) is 18.6. The lowest BCUT2D eigenvalue weighted by Crippen LogP contribution is -2.44. The standard InChI is InChI=1S/C18H26N4O4S/c23-22(24)16-5-6-17(18(13-16)27(25,26)21-9-1-2-10-21)20-11-7-15(8-12-20)19-14-3-4-14/h5-6,13-15,19H,1-4,7-12H2. The van der Waals surface area contributed by atoms with E-state index in [1.54, 1.807) is 6.07 Å². The van der Waals surface area contributed by atoms with Crippen LogP contribution in [0.4, 0.5) is 11.4 Å². The molecule has 0 unspecified atom stereocenters. The zero-order valence-corrected chi connectivity index (χ0v) is 16.2. The van der Waals surface area contributed by atoms with Gasteiger partial charge in [0.15, 0.2) is 0 Å². The first-order valence-electron chi connectivity index (χ1n) is 9.75. The van der Waals surface area contributed by atoms with Crippen molar-refractivity contribution in [1.82, 2.24) is 9.62 Å². The van der Waals surface area contributed by atoms with Gasteiger partial charge in [-0.25, -0.2) is 8.42 Å². The summed E-state index contributed by atoms with van der Waals surface area (Å²) in [7, 11) is -3.73. The number of hydrogen-bond acceptors (Lipinski definition) is 6. The number of nitro groups is 1. The molecule has 2 heterocycles. The Labute approximate surface area is 159 Å². The lowest BCUT2D eigenvalue weighted by Gasteiger charge is -2.35. The van der Waals surface area contributed by atoms with Gasteiger partial charge < -0.3 is 10.2 Å². The molecule has 3 fully saturated rings. The van der Waals surface area contributed by atoms with Crippen LogP contribution in [0.25, 0.3) is 0 Å². The van der Waals surface area contributed by atoms with Crippen molar-refractivity contribution < 1.29 is 13.3 Å². The van der Waals surface area contributed by atoms with Crippen molar-refractivity contribution in [2.24, 2.45) is 0 Å². The fourth-order valence-electron chi connectivity index (χ4n) is 4.02. The second-order valence-electron chi connectivity index (χ2n) is 7.72. The molecule has 0 bridgehead atoms. The third-order valence-corrected chi connectivity index (χ3v) is 7.65. The molecule has 1 N–H and O–H groups in total. The van der Waals surface area contributed by atoms with Gasteiger partial charge in [-0.3, -0.25) is 10.1 Å². The average molecular weight is 394 g/mol. The molecule has 9 heteroatoms. The molecule has 0 aromatic heterocycles. The van der Waals surface area contributed by atoms with Gasteiger partial charge in [-0.1, -0.05) is 0 Å². The Bertz CT molecular complexity index is 811. The van der Waals surface area contributed by atoms with Gasteiger partial charge in [-0.2, -0.15) is 4.31 Å². The van der Waals surface area contributed by atoms with E-state index in [1.165, 1.54) is 29.3 Å². The Kier molecular flexibility index (Phi) is 5.09. The molecule has 2 saturated heterocycles. The summed E-state index contributed by atoms with van der Waals surface area (Å²) < 4.78 is 27.8. The van der Waals surface area contributed by atoms with Gasteiger partial charge in [0.1, 0.15) is 4.90 Å². The quantitative estimate of drug-likeness (QED) is 0.586. The Morgan fingerprint density at radius 3 is 2.22 bits per heavy atom. The van der Waals surface area contributed by atoms with Crippen molar-refractivity contribution >= 4 is 21.4 Å². The molecule has 1 aliphatic carbocycles. The van der Waals surface area contributed by atoms with Gasteiger partial charge in [-0.15, -0.1) is 0 Å². The minimum atomic E-state index is -3.73. The SMILES string of the molecule is O=[N+]([O-])c1ccc(N2CCC(NC3CC3)CC2)c(S(=O)(=O)N2CCCC2)c1. The second kappa shape index (κ2) is 7.37. The van der Waals surface area contributed by atoms with E-state index in [4.69, 9.17) is 0 Å². The lowest BCUT2D eigenvalue weighted by molar-refractivity contribution is -0.385. The number of rotatable bonds is 6. The van der Waals surface area contributed by atoms with Crippen LogP contribution in [-0.2, 0) is 10.0 Å². The highest BCUT2D eigenvalue weighted by Crippen LogP contribution is 2.34. The summed E-state index contributed by atoms with van der Waals surface area (Å²) in [5, 5.41) is 14.9. The maximum absolute atomic E-state index is 13.2. The van der Waals surface area contributed by atoms with Crippen molar-refractivity contribution in [2.75, 3.05) is 31.1 Å². The number of nitrogens with one attached hydrogen (secondary N) is 1. The maximum Gasteiger partial charge on any atom is 0.270 e. The third-order valence-electron chi connectivity index (χ3n) is 5.72. The second-order valence-corrected chi connectivity index (χ2v) is 9.63. The molecule has 1 aromatic rings. The van der Waals surface area contributed by atoms with Gasteiger partial charge in [0.2, 0.25) is 10.0 Å². The van der Waals surface area contributed by atoms with E-state index in [1.807, 2.05) is 0 Å². The minimum Gasteiger partial charge on any atom is -0.370 e. The Morgan fingerprint density at radius 2 is 1.63 bits per heavy atom. The molecule has 1 saturated carbocycles. The zero-order chi connectivity index (χ0) is 19.0. The number of nitrogens with zero attached hydrogens (tertiary/aromatic N) is 3. The molecule has 0 radical (unpaired) electrons. The molecule has 1 aromatic carbocycles. The van der Waals surface area contributed by atoms with Crippen molar-refractivity contribution in [1.29, 1.82) is 0 Å². The van der Waals surface area contributed by atoms with Crippen molar-refractivity contribution in [3.05, 3.63) is 28.3 Å². The number of piperidine rings is 1. The van der Waals surface area contributed by atoms with Crippen molar-refractivity contribution in [3.63, 3.8) is 0 Å². The molecule has 0 amide bonds. The van der Waals surface area contributed by atoms with E-state index >= 15 is 0 Å². The molecule has 2 aliphatic heterocycles. The van der Waals surface area contributed by atoms with Crippen LogP contribution in [0.5, 0.6) is 0 Å². The molecular weight excluding hydrogens is 368 g/mol. The number of anilines is 1. The minimum absolute atomic E-state index is 0.0761. The van der Waals surface area contributed by atoms with Crippen LogP contribution in [0.15, 0.2) is 23.1 Å². The predicted octanol–water partition coefficient (Wildman–Crippen LogP) is 2.10. The molecular formula is C18H26N4O4S. The Morgan fingerprint density at radius 1 is 1.00 bits per heavy atom.